The molecule has 1 N–H and O–H groups in total. The fourth-order valence-corrected chi connectivity index (χ4v) is 3.51. The maximum absolute atomic E-state index is 12.5. The van der Waals surface area contributed by atoms with E-state index in [1.165, 1.54) is 16.7 Å². The van der Waals surface area contributed by atoms with Crippen LogP contribution < -0.4 is 10.2 Å². The Hall–Kier alpha value is -2.02. The first-order valence-corrected chi connectivity index (χ1v) is 9.13. The lowest BCUT2D eigenvalue weighted by molar-refractivity contribution is -0.122. The van der Waals surface area contributed by atoms with Crippen LogP contribution in [0.25, 0.3) is 0 Å². The number of nitrogens with zero attached hydrogens (tertiary/aromatic N) is 2. The molecule has 130 valence electrons. The van der Waals surface area contributed by atoms with E-state index in [1.54, 1.807) is 17.0 Å². The molecule has 1 aromatic carbocycles. The van der Waals surface area contributed by atoms with Gasteiger partial charge in [-0.1, -0.05) is 0 Å². The maximum Gasteiger partial charge on any atom is 0.253 e. The standard InChI is InChI=1S/C17H23N3O3S/c1-4-18-15(21)10-20-13-9-12(17(23)19(5-2)6-3)7-8-14(13)24-11-16(20)22/h7-9H,4-6,10-11H2,1-3H3,(H,18,21). The number of anilines is 1. The van der Waals surface area contributed by atoms with Crippen LogP contribution in [0.5, 0.6) is 0 Å². The zero-order chi connectivity index (χ0) is 17.7. The maximum atomic E-state index is 12.5. The molecule has 7 heteroatoms. The molecule has 0 unspecified atom stereocenters. The third-order valence-corrected chi connectivity index (χ3v) is 4.92. The van der Waals surface area contributed by atoms with Gasteiger partial charge < -0.3 is 15.1 Å². The Morgan fingerprint density at radius 2 is 1.96 bits per heavy atom. The molecule has 0 saturated carbocycles. The summed E-state index contributed by atoms with van der Waals surface area (Å²) in [7, 11) is 0. The molecule has 0 radical (unpaired) electrons. The summed E-state index contributed by atoms with van der Waals surface area (Å²) in [5.74, 6) is -0.0883. The Kier molecular flexibility index (Phi) is 6.25. The summed E-state index contributed by atoms with van der Waals surface area (Å²) in [4.78, 5) is 40.8. The van der Waals surface area contributed by atoms with E-state index in [1.807, 2.05) is 26.8 Å². The van der Waals surface area contributed by atoms with Crippen LogP contribution in [0.4, 0.5) is 5.69 Å². The third kappa shape index (κ3) is 3.90. The summed E-state index contributed by atoms with van der Waals surface area (Å²) in [6.07, 6.45) is 0. The number of hydrogen-bond acceptors (Lipinski definition) is 4. The fraction of sp³-hybridized carbons (Fsp3) is 0.471. The summed E-state index contributed by atoms with van der Waals surface area (Å²) in [6.45, 7) is 7.44. The van der Waals surface area contributed by atoms with Crippen molar-refractivity contribution in [1.82, 2.24) is 10.2 Å². The summed E-state index contributed by atoms with van der Waals surface area (Å²) in [5.41, 5.74) is 1.18. The summed E-state index contributed by atoms with van der Waals surface area (Å²) >= 11 is 1.43. The average molecular weight is 349 g/mol. The van der Waals surface area contributed by atoms with Gasteiger partial charge >= 0.3 is 0 Å². The molecule has 3 amide bonds. The van der Waals surface area contributed by atoms with Gasteiger partial charge in [-0.25, -0.2) is 0 Å². The fourth-order valence-electron chi connectivity index (χ4n) is 2.60. The highest BCUT2D eigenvalue weighted by Gasteiger charge is 2.27. The van der Waals surface area contributed by atoms with Crippen LogP contribution in [0.1, 0.15) is 31.1 Å². The monoisotopic (exact) mass is 349 g/mol. The smallest absolute Gasteiger partial charge is 0.253 e. The number of nitrogens with one attached hydrogen (secondary N) is 1. The van der Waals surface area contributed by atoms with Crippen LogP contribution in [0, 0.1) is 0 Å². The lowest BCUT2D eigenvalue weighted by atomic mass is 10.1. The molecule has 2 rings (SSSR count). The van der Waals surface area contributed by atoms with Gasteiger partial charge in [0.15, 0.2) is 0 Å². The van der Waals surface area contributed by atoms with Gasteiger partial charge in [-0.15, -0.1) is 11.8 Å². The van der Waals surface area contributed by atoms with Gasteiger partial charge in [0, 0.05) is 30.1 Å². The van der Waals surface area contributed by atoms with Gasteiger partial charge in [-0.2, -0.15) is 0 Å². The molecule has 1 aromatic rings. The van der Waals surface area contributed by atoms with E-state index in [0.717, 1.165) is 4.90 Å². The third-order valence-electron chi connectivity index (χ3n) is 3.88. The predicted molar refractivity (Wildman–Crippen MR) is 95.5 cm³/mol. The van der Waals surface area contributed by atoms with Crippen molar-refractivity contribution >= 4 is 35.2 Å². The molecule has 1 heterocycles. The zero-order valence-corrected chi connectivity index (χ0v) is 15.1. The Balaban J connectivity index is 2.33. The molecule has 0 fully saturated rings. The molecule has 0 bridgehead atoms. The molecule has 0 aliphatic carbocycles. The zero-order valence-electron chi connectivity index (χ0n) is 14.3. The summed E-state index contributed by atoms with van der Waals surface area (Å²) in [5, 5.41) is 2.70. The molecule has 1 aliphatic rings. The van der Waals surface area contributed by atoms with Crippen molar-refractivity contribution in [2.75, 3.05) is 36.8 Å². The van der Waals surface area contributed by atoms with Gasteiger partial charge in [-0.3, -0.25) is 14.4 Å². The van der Waals surface area contributed by atoms with Gasteiger partial charge in [-0.05, 0) is 39.0 Å². The number of carbonyl (C=O) groups is 3. The highest BCUT2D eigenvalue weighted by atomic mass is 32.2. The molecule has 0 atom stereocenters. The molecule has 0 spiro atoms. The number of hydrogen-bond donors (Lipinski definition) is 1. The van der Waals surface area contributed by atoms with Crippen LogP contribution >= 0.6 is 11.8 Å². The van der Waals surface area contributed by atoms with E-state index in [0.29, 0.717) is 36.6 Å². The van der Waals surface area contributed by atoms with Crippen molar-refractivity contribution in [3.63, 3.8) is 0 Å². The number of amides is 3. The molecule has 0 saturated heterocycles. The number of benzene rings is 1. The van der Waals surface area contributed by atoms with Crippen LogP contribution in [-0.2, 0) is 9.59 Å². The van der Waals surface area contributed by atoms with Crippen LogP contribution in [0.15, 0.2) is 23.1 Å². The number of fused-ring (bicyclic) bond motifs is 1. The van der Waals surface area contributed by atoms with E-state index in [9.17, 15) is 14.4 Å². The number of rotatable bonds is 6. The van der Waals surface area contributed by atoms with Crippen molar-refractivity contribution in [1.29, 1.82) is 0 Å². The second kappa shape index (κ2) is 8.19. The van der Waals surface area contributed by atoms with E-state index < -0.39 is 0 Å². The van der Waals surface area contributed by atoms with E-state index in [2.05, 4.69) is 5.32 Å². The van der Waals surface area contributed by atoms with Crippen molar-refractivity contribution in [2.45, 2.75) is 25.7 Å². The lowest BCUT2D eigenvalue weighted by Crippen LogP contribution is -2.43. The predicted octanol–water partition coefficient (Wildman–Crippen LogP) is 1.74. The summed E-state index contributed by atoms with van der Waals surface area (Å²) < 4.78 is 0. The van der Waals surface area contributed by atoms with Crippen LogP contribution in [-0.4, -0.2) is 54.6 Å². The number of carbonyl (C=O) groups excluding carboxylic acids is 3. The Morgan fingerprint density at radius 1 is 1.25 bits per heavy atom. The normalized spacial score (nSPS) is 13.5. The highest BCUT2D eigenvalue weighted by Crippen LogP contribution is 2.36. The lowest BCUT2D eigenvalue weighted by Gasteiger charge is -2.29. The van der Waals surface area contributed by atoms with Gasteiger partial charge in [0.25, 0.3) is 5.91 Å². The quantitative estimate of drug-likeness (QED) is 0.849. The van der Waals surface area contributed by atoms with Gasteiger partial charge in [0.05, 0.1) is 11.4 Å². The first-order chi connectivity index (χ1) is 11.5. The Labute approximate surface area is 146 Å². The molecule has 6 nitrogen and oxygen atoms in total. The van der Waals surface area contributed by atoms with E-state index in [4.69, 9.17) is 0 Å². The number of thioether (sulfide) groups is 1. The second-order valence-corrected chi connectivity index (χ2v) is 6.40. The molecular formula is C17H23N3O3S. The van der Waals surface area contributed by atoms with Gasteiger partial charge in [0.2, 0.25) is 11.8 Å². The SMILES string of the molecule is CCNC(=O)CN1C(=O)CSc2ccc(C(=O)N(CC)CC)cc21. The van der Waals surface area contributed by atoms with Crippen molar-refractivity contribution in [2.24, 2.45) is 0 Å². The first-order valence-electron chi connectivity index (χ1n) is 8.14. The minimum Gasteiger partial charge on any atom is -0.355 e. The Morgan fingerprint density at radius 3 is 2.58 bits per heavy atom. The van der Waals surface area contributed by atoms with Crippen LogP contribution in [0.2, 0.25) is 0 Å². The van der Waals surface area contributed by atoms with Crippen molar-refractivity contribution < 1.29 is 14.4 Å². The van der Waals surface area contributed by atoms with E-state index >= 15 is 0 Å². The minimum absolute atomic E-state index is 0.0247. The molecule has 0 aromatic heterocycles. The minimum atomic E-state index is -0.204. The van der Waals surface area contributed by atoms with E-state index in [-0.39, 0.29) is 24.3 Å². The number of likely N-dealkylation sites (N-methyl/N-ethyl adjacent to an activating group) is 1. The van der Waals surface area contributed by atoms with Crippen molar-refractivity contribution in [3.8, 4) is 0 Å². The van der Waals surface area contributed by atoms with Crippen molar-refractivity contribution in [3.05, 3.63) is 23.8 Å². The average Bonchev–Trinajstić information content (AvgIpc) is 2.58. The molecular weight excluding hydrogens is 326 g/mol. The first kappa shape index (κ1) is 18.3. The largest absolute Gasteiger partial charge is 0.355 e. The summed E-state index contributed by atoms with van der Waals surface area (Å²) in [6, 6.07) is 5.36. The topological polar surface area (TPSA) is 69.7 Å². The molecule has 1 aliphatic heterocycles. The highest BCUT2D eigenvalue weighted by molar-refractivity contribution is 8.00. The van der Waals surface area contributed by atoms with Crippen LogP contribution in [0.3, 0.4) is 0 Å². The molecule has 24 heavy (non-hydrogen) atoms. The second-order valence-electron chi connectivity index (χ2n) is 5.38. The van der Waals surface area contributed by atoms with Gasteiger partial charge in [0.1, 0.15) is 6.54 Å². The Bertz CT molecular complexity index is 644.